The number of aromatic nitrogens is 3. The van der Waals surface area contributed by atoms with Crippen molar-refractivity contribution in [2.75, 3.05) is 13.7 Å². The van der Waals surface area contributed by atoms with Crippen LogP contribution >= 0.6 is 12.2 Å². The highest BCUT2D eigenvalue weighted by molar-refractivity contribution is 7.71. The number of hydrogen-bond acceptors (Lipinski definition) is 7. The third-order valence-corrected chi connectivity index (χ3v) is 4.99. The van der Waals surface area contributed by atoms with Gasteiger partial charge >= 0.3 is 5.69 Å². The van der Waals surface area contributed by atoms with Crippen LogP contribution in [-0.2, 0) is 0 Å². The summed E-state index contributed by atoms with van der Waals surface area (Å²) in [5, 5.41) is 23.0. The van der Waals surface area contributed by atoms with Gasteiger partial charge in [0, 0.05) is 17.2 Å². The molecule has 0 saturated carbocycles. The van der Waals surface area contributed by atoms with Crippen molar-refractivity contribution in [2.24, 2.45) is 5.10 Å². The number of aromatic amines is 1. The highest BCUT2D eigenvalue weighted by Crippen LogP contribution is 2.38. The Morgan fingerprint density at radius 3 is 2.72 bits per heavy atom. The number of nitrogens with zero attached hydrogens (tertiary/aromatic N) is 4. The third kappa shape index (κ3) is 5.58. The number of rotatable bonds is 11. The van der Waals surface area contributed by atoms with Crippen LogP contribution in [0.3, 0.4) is 0 Å². The second-order valence-corrected chi connectivity index (χ2v) is 7.40. The number of ether oxygens (including phenoxy) is 2. The van der Waals surface area contributed by atoms with Crippen molar-refractivity contribution in [1.29, 1.82) is 0 Å². The quantitative estimate of drug-likeness (QED) is 0.137. The fourth-order valence-corrected chi connectivity index (χ4v) is 3.29. The molecule has 0 aliphatic rings. The van der Waals surface area contributed by atoms with Crippen LogP contribution in [-0.4, -0.2) is 39.7 Å². The van der Waals surface area contributed by atoms with Crippen LogP contribution in [0.25, 0.3) is 11.4 Å². The molecule has 0 unspecified atom stereocenters. The van der Waals surface area contributed by atoms with Crippen LogP contribution in [0.2, 0.25) is 0 Å². The number of benzene rings is 2. The molecule has 0 spiro atoms. The predicted octanol–water partition coefficient (Wildman–Crippen LogP) is 5.37. The molecule has 3 aromatic rings. The van der Waals surface area contributed by atoms with Crippen LogP contribution in [0.1, 0.15) is 38.2 Å². The molecule has 1 N–H and O–H groups in total. The summed E-state index contributed by atoms with van der Waals surface area (Å²) in [5.41, 5.74) is 1.11. The molecule has 0 aliphatic carbocycles. The van der Waals surface area contributed by atoms with E-state index in [9.17, 15) is 10.1 Å². The number of nitrogens with one attached hydrogen (secondary N) is 1. The molecular weight excluding hydrogens is 430 g/mol. The van der Waals surface area contributed by atoms with E-state index in [0.29, 0.717) is 22.8 Å². The lowest BCUT2D eigenvalue weighted by atomic mass is 10.1. The van der Waals surface area contributed by atoms with E-state index in [-0.39, 0.29) is 17.2 Å². The Bertz CT molecular complexity index is 1140. The van der Waals surface area contributed by atoms with Crippen molar-refractivity contribution in [1.82, 2.24) is 14.9 Å². The predicted molar refractivity (Wildman–Crippen MR) is 125 cm³/mol. The molecule has 0 aliphatic heterocycles. The number of H-pyrrole nitrogens is 1. The molecule has 168 valence electrons. The van der Waals surface area contributed by atoms with Gasteiger partial charge in [0.2, 0.25) is 10.5 Å². The van der Waals surface area contributed by atoms with Gasteiger partial charge in [0.05, 0.1) is 24.9 Å². The lowest BCUT2D eigenvalue weighted by molar-refractivity contribution is -0.386. The molecule has 0 fully saturated rings. The standard InChI is InChI=1S/C22H25N5O4S/c1-3-4-5-9-12-31-20-18(27(28)29)13-16(14-19(20)30-2)15-23-26-21(24-25-22(26)32)17-10-7-6-8-11-17/h6-8,10-11,13-15H,3-5,9,12H2,1-2H3,(H,25,32)/b23-15-. The number of unbranched alkanes of at least 4 members (excludes halogenated alkanes) is 3. The van der Waals surface area contributed by atoms with Gasteiger partial charge in [-0.2, -0.15) is 14.9 Å². The van der Waals surface area contributed by atoms with E-state index in [0.717, 1.165) is 31.2 Å². The molecule has 0 bridgehead atoms. The Labute approximate surface area is 190 Å². The maximum Gasteiger partial charge on any atom is 0.315 e. The Morgan fingerprint density at radius 2 is 2.03 bits per heavy atom. The number of nitro benzene ring substituents is 1. The maximum absolute atomic E-state index is 11.7. The Balaban J connectivity index is 1.90. The van der Waals surface area contributed by atoms with Gasteiger partial charge in [-0.1, -0.05) is 56.5 Å². The smallest absolute Gasteiger partial charge is 0.315 e. The summed E-state index contributed by atoms with van der Waals surface area (Å²) in [6, 6.07) is 12.5. The van der Waals surface area contributed by atoms with E-state index in [2.05, 4.69) is 22.2 Å². The SMILES string of the molecule is CCCCCCOc1c(OC)cc(/C=N\n2c(-c3ccccc3)n[nH]c2=S)cc1[N+](=O)[O-]. The summed E-state index contributed by atoms with van der Waals surface area (Å²) < 4.78 is 12.9. The molecule has 0 saturated heterocycles. The topological polar surface area (TPSA) is 108 Å². The number of hydrogen-bond donors (Lipinski definition) is 1. The lowest BCUT2D eigenvalue weighted by Crippen LogP contribution is -2.04. The van der Waals surface area contributed by atoms with E-state index >= 15 is 0 Å². The first kappa shape index (κ1) is 23.1. The summed E-state index contributed by atoms with van der Waals surface area (Å²) in [7, 11) is 1.45. The summed E-state index contributed by atoms with van der Waals surface area (Å²) in [5.74, 6) is 0.923. The summed E-state index contributed by atoms with van der Waals surface area (Å²) >= 11 is 5.28. The second kappa shape index (κ2) is 11.2. The van der Waals surface area contributed by atoms with Crippen LogP contribution in [0.5, 0.6) is 11.5 Å². The first-order valence-electron chi connectivity index (χ1n) is 10.3. The van der Waals surface area contributed by atoms with E-state index in [1.807, 2.05) is 30.3 Å². The van der Waals surface area contributed by atoms with Crippen LogP contribution in [0.15, 0.2) is 47.6 Å². The second-order valence-electron chi connectivity index (χ2n) is 7.01. The molecule has 1 aromatic heterocycles. The van der Waals surface area contributed by atoms with E-state index in [4.69, 9.17) is 21.7 Å². The monoisotopic (exact) mass is 455 g/mol. The Hall–Kier alpha value is -3.53. The first-order chi connectivity index (χ1) is 15.5. The number of methoxy groups -OCH3 is 1. The molecule has 3 rings (SSSR count). The van der Waals surface area contributed by atoms with E-state index in [1.54, 1.807) is 6.07 Å². The minimum atomic E-state index is -0.486. The van der Waals surface area contributed by atoms with Gasteiger partial charge in [0.15, 0.2) is 11.6 Å². The number of nitro groups is 1. The molecule has 9 nitrogen and oxygen atoms in total. The van der Waals surface area contributed by atoms with Crippen molar-refractivity contribution in [3.05, 3.63) is 62.9 Å². The average molecular weight is 456 g/mol. The molecule has 1 heterocycles. The normalized spacial score (nSPS) is 11.1. The summed E-state index contributed by atoms with van der Waals surface area (Å²) in [6.45, 7) is 2.50. The van der Waals surface area contributed by atoms with Crippen LogP contribution in [0, 0.1) is 14.9 Å². The average Bonchev–Trinajstić information content (AvgIpc) is 3.18. The minimum absolute atomic E-state index is 0.121. The molecule has 32 heavy (non-hydrogen) atoms. The largest absolute Gasteiger partial charge is 0.493 e. The van der Waals surface area contributed by atoms with E-state index in [1.165, 1.54) is 24.1 Å². The van der Waals surface area contributed by atoms with Gasteiger partial charge in [-0.25, -0.2) is 5.10 Å². The van der Waals surface area contributed by atoms with Crippen molar-refractivity contribution in [2.45, 2.75) is 32.6 Å². The highest BCUT2D eigenvalue weighted by Gasteiger charge is 2.22. The van der Waals surface area contributed by atoms with Gasteiger partial charge in [-0.15, -0.1) is 0 Å². The zero-order chi connectivity index (χ0) is 22.9. The van der Waals surface area contributed by atoms with Crippen molar-refractivity contribution >= 4 is 24.1 Å². The summed E-state index contributed by atoms with van der Waals surface area (Å²) in [4.78, 5) is 11.2. The molecular formula is C22H25N5O4S. The fraction of sp³-hybridized carbons (Fsp3) is 0.318. The molecule has 2 aromatic carbocycles. The molecule has 0 atom stereocenters. The van der Waals surface area contributed by atoms with Gasteiger partial charge in [-0.3, -0.25) is 10.1 Å². The minimum Gasteiger partial charge on any atom is -0.493 e. The molecule has 10 heteroatoms. The highest BCUT2D eigenvalue weighted by atomic mass is 32.1. The van der Waals surface area contributed by atoms with Crippen molar-refractivity contribution in [3.63, 3.8) is 0 Å². The van der Waals surface area contributed by atoms with E-state index < -0.39 is 4.92 Å². The Kier molecular flexibility index (Phi) is 8.09. The van der Waals surface area contributed by atoms with Gasteiger partial charge in [0.25, 0.3) is 0 Å². The molecule has 0 radical (unpaired) electrons. The first-order valence-corrected chi connectivity index (χ1v) is 10.7. The third-order valence-electron chi connectivity index (χ3n) is 4.72. The zero-order valence-corrected chi connectivity index (χ0v) is 18.8. The zero-order valence-electron chi connectivity index (χ0n) is 18.0. The van der Waals surface area contributed by atoms with Crippen molar-refractivity contribution < 1.29 is 14.4 Å². The molecule has 0 amide bonds. The van der Waals surface area contributed by atoms with Crippen molar-refractivity contribution in [3.8, 4) is 22.9 Å². The Morgan fingerprint density at radius 1 is 1.25 bits per heavy atom. The van der Waals surface area contributed by atoms with Crippen LogP contribution in [0.4, 0.5) is 5.69 Å². The fourth-order valence-electron chi connectivity index (χ4n) is 3.12. The lowest BCUT2D eigenvalue weighted by Gasteiger charge is -2.12. The maximum atomic E-state index is 11.7. The summed E-state index contributed by atoms with van der Waals surface area (Å²) in [6.07, 6.45) is 5.49. The van der Waals surface area contributed by atoms with Gasteiger partial charge in [-0.05, 0) is 24.7 Å². The van der Waals surface area contributed by atoms with Gasteiger partial charge in [0.1, 0.15) is 0 Å². The van der Waals surface area contributed by atoms with Crippen LogP contribution < -0.4 is 9.47 Å². The van der Waals surface area contributed by atoms with Gasteiger partial charge < -0.3 is 9.47 Å².